The molecule has 1 fully saturated rings. The minimum atomic E-state index is -1.33. The Labute approximate surface area is 154 Å². The van der Waals surface area contributed by atoms with Gasteiger partial charge in [0.05, 0.1) is 12.0 Å². The highest BCUT2D eigenvalue weighted by atomic mass is 16.3. The summed E-state index contributed by atoms with van der Waals surface area (Å²) in [6.07, 6.45) is 4.91. The van der Waals surface area contributed by atoms with E-state index >= 15 is 0 Å². The molecule has 1 saturated heterocycles. The fourth-order valence-corrected chi connectivity index (χ4v) is 3.59. The summed E-state index contributed by atoms with van der Waals surface area (Å²) < 4.78 is 2.05. The second-order valence-electron chi connectivity index (χ2n) is 7.13. The van der Waals surface area contributed by atoms with E-state index in [2.05, 4.69) is 23.3 Å². The molecule has 1 unspecified atom stereocenters. The Hall–Kier alpha value is -2.18. The highest BCUT2D eigenvalue weighted by Gasteiger charge is 2.41. The zero-order valence-electron chi connectivity index (χ0n) is 15.6. The normalized spacial score (nSPS) is 20.6. The van der Waals surface area contributed by atoms with Crippen LogP contribution in [0.1, 0.15) is 36.6 Å². The number of rotatable bonds is 7. The fourth-order valence-electron chi connectivity index (χ4n) is 3.59. The minimum Gasteiger partial charge on any atom is -0.379 e. The van der Waals surface area contributed by atoms with Crippen LogP contribution in [0.3, 0.4) is 0 Å². The van der Waals surface area contributed by atoms with Gasteiger partial charge in [-0.25, -0.2) is 4.98 Å². The van der Waals surface area contributed by atoms with Gasteiger partial charge in [-0.05, 0) is 32.3 Å². The van der Waals surface area contributed by atoms with Crippen molar-refractivity contribution in [2.75, 3.05) is 13.1 Å². The predicted molar refractivity (Wildman–Crippen MR) is 100 cm³/mol. The molecule has 1 atom stereocenters. The maximum Gasteiger partial charge on any atom is 0.256 e. The van der Waals surface area contributed by atoms with Crippen molar-refractivity contribution >= 4 is 5.91 Å². The lowest BCUT2D eigenvalue weighted by Gasteiger charge is -2.38. The van der Waals surface area contributed by atoms with E-state index < -0.39 is 5.60 Å². The van der Waals surface area contributed by atoms with E-state index in [1.54, 1.807) is 11.2 Å². The molecule has 0 spiro atoms. The van der Waals surface area contributed by atoms with E-state index in [-0.39, 0.29) is 12.5 Å². The van der Waals surface area contributed by atoms with Crippen LogP contribution in [-0.4, -0.2) is 44.2 Å². The second kappa shape index (κ2) is 8.01. The van der Waals surface area contributed by atoms with Gasteiger partial charge in [0.2, 0.25) is 0 Å². The Balaban J connectivity index is 1.60. The molecule has 6 heteroatoms. The molecular formula is C20H28N4O2. The highest BCUT2D eigenvalue weighted by molar-refractivity contribution is 5.86. The van der Waals surface area contributed by atoms with Gasteiger partial charge in [-0.15, -0.1) is 0 Å². The van der Waals surface area contributed by atoms with E-state index in [0.29, 0.717) is 26.1 Å². The van der Waals surface area contributed by atoms with Crippen LogP contribution in [0.2, 0.25) is 0 Å². The van der Waals surface area contributed by atoms with Crippen molar-refractivity contribution in [2.45, 2.75) is 51.9 Å². The first-order valence-electron chi connectivity index (χ1n) is 9.29. The third kappa shape index (κ3) is 4.14. The Morgan fingerprint density at radius 2 is 2.23 bits per heavy atom. The Kier molecular flexibility index (Phi) is 5.74. The number of amides is 1. The molecule has 1 aromatic carbocycles. The number of piperidine rings is 1. The topological polar surface area (TPSA) is 70.4 Å². The fraction of sp³-hybridized carbons (Fsp3) is 0.500. The van der Waals surface area contributed by atoms with Crippen molar-refractivity contribution in [1.82, 2.24) is 19.8 Å². The molecule has 1 aliphatic rings. The predicted octanol–water partition coefficient (Wildman–Crippen LogP) is 1.85. The first kappa shape index (κ1) is 18.6. The first-order chi connectivity index (χ1) is 12.5. The third-order valence-corrected chi connectivity index (χ3v) is 5.02. The van der Waals surface area contributed by atoms with Crippen molar-refractivity contribution in [1.29, 1.82) is 0 Å². The monoisotopic (exact) mass is 356 g/mol. The number of benzene rings is 1. The molecule has 1 aliphatic heterocycles. The van der Waals surface area contributed by atoms with E-state index in [0.717, 1.165) is 24.2 Å². The molecule has 2 N–H and O–H groups in total. The van der Waals surface area contributed by atoms with Gasteiger partial charge in [-0.2, -0.15) is 0 Å². The van der Waals surface area contributed by atoms with Crippen LogP contribution in [0, 0.1) is 6.92 Å². The van der Waals surface area contributed by atoms with Gasteiger partial charge >= 0.3 is 0 Å². The van der Waals surface area contributed by atoms with Gasteiger partial charge in [0, 0.05) is 38.9 Å². The average molecular weight is 356 g/mol. The van der Waals surface area contributed by atoms with E-state index in [4.69, 9.17) is 0 Å². The molecule has 0 saturated carbocycles. The Bertz CT molecular complexity index is 758. The van der Waals surface area contributed by atoms with Gasteiger partial charge in [0.25, 0.3) is 5.91 Å². The van der Waals surface area contributed by atoms with Crippen molar-refractivity contribution in [3.63, 3.8) is 0 Å². The summed E-state index contributed by atoms with van der Waals surface area (Å²) in [5.41, 5.74) is 1.99. The number of likely N-dealkylation sites (tertiary alicyclic amines) is 1. The molecular weight excluding hydrogens is 328 g/mol. The molecule has 140 valence electrons. The maximum atomic E-state index is 12.9. The van der Waals surface area contributed by atoms with Crippen LogP contribution in [0.15, 0.2) is 36.8 Å². The summed E-state index contributed by atoms with van der Waals surface area (Å²) >= 11 is 0. The summed E-state index contributed by atoms with van der Waals surface area (Å²) in [7, 11) is 0. The number of aryl methyl sites for hydroxylation is 2. The van der Waals surface area contributed by atoms with Gasteiger partial charge in [-0.3, -0.25) is 4.79 Å². The quantitative estimate of drug-likeness (QED) is 0.794. The van der Waals surface area contributed by atoms with E-state index in [1.807, 2.05) is 35.9 Å². The summed E-state index contributed by atoms with van der Waals surface area (Å²) in [5, 5.41) is 14.2. The van der Waals surface area contributed by atoms with Gasteiger partial charge in [0.15, 0.2) is 5.60 Å². The smallest absolute Gasteiger partial charge is 0.256 e. The molecule has 26 heavy (non-hydrogen) atoms. The number of carbonyl (C=O) groups excluding carboxylic acids is 1. The lowest BCUT2D eigenvalue weighted by Crippen LogP contribution is -2.57. The largest absolute Gasteiger partial charge is 0.379 e. The molecule has 1 aromatic heterocycles. The Morgan fingerprint density at radius 3 is 3.00 bits per heavy atom. The second-order valence-corrected chi connectivity index (χ2v) is 7.13. The molecule has 2 heterocycles. The molecule has 3 rings (SSSR count). The van der Waals surface area contributed by atoms with E-state index in [1.165, 1.54) is 5.56 Å². The number of carbonyl (C=O) groups is 1. The minimum absolute atomic E-state index is 0.179. The third-order valence-electron chi connectivity index (χ3n) is 5.02. The van der Waals surface area contributed by atoms with Crippen LogP contribution in [-0.2, 0) is 24.4 Å². The summed E-state index contributed by atoms with van der Waals surface area (Å²) in [6, 6.07) is 8.16. The van der Waals surface area contributed by atoms with Crippen molar-refractivity contribution in [3.8, 4) is 0 Å². The van der Waals surface area contributed by atoms with Gasteiger partial charge < -0.3 is 19.9 Å². The molecule has 2 aromatic rings. The number of hydrogen-bond donors (Lipinski definition) is 2. The van der Waals surface area contributed by atoms with Crippen LogP contribution in [0.4, 0.5) is 0 Å². The zero-order valence-corrected chi connectivity index (χ0v) is 15.6. The number of imidazole rings is 1. The van der Waals surface area contributed by atoms with E-state index in [9.17, 15) is 9.90 Å². The molecule has 6 nitrogen and oxygen atoms in total. The molecule has 0 radical (unpaired) electrons. The lowest BCUT2D eigenvalue weighted by molar-refractivity contribution is -0.157. The van der Waals surface area contributed by atoms with Crippen molar-refractivity contribution in [2.24, 2.45) is 0 Å². The highest BCUT2D eigenvalue weighted by Crippen LogP contribution is 2.24. The Morgan fingerprint density at radius 1 is 1.38 bits per heavy atom. The summed E-state index contributed by atoms with van der Waals surface area (Å²) in [6.45, 7) is 7.04. The number of nitrogens with zero attached hydrogens (tertiary/aromatic N) is 3. The van der Waals surface area contributed by atoms with Crippen molar-refractivity contribution < 1.29 is 9.90 Å². The standard InChI is InChI=1S/C20H28N4O2/c1-3-23-15-22-12-18(23)11-21-14-20(26)8-5-9-24(19(20)25)13-17-7-4-6-16(2)10-17/h4,6-7,10,12,15,21,26H,3,5,8-9,11,13-14H2,1-2H3. The number of nitrogens with one attached hydrogen (secondary N) is 1. The SMILES string of the molecule is CCn1cncc1CNCC1(O)CCCN(Cc2cccc(C)c2)C1=O. The maximum absolute atomic E-state index is 12.9. The van der Waals surface area contributed by atoms with Crippen LogP contribution < -0.4 is 5.32 Å². The van der Waals surface area contributed by atoms with Crippen LogP contribution in [0.5, 0.6) is 0 Å². The zero-order chi connectivity index (χ0) is 18.6. The molecule has 1 amide bonds. The van der Waals surface area contributed by atoms with Gasteiger partial charge in [0.1, 0.15) is 0 Å². The number of aromatic nitrogens is 2. The van der Waals surface area contributed by atoms with Crippen LogP contribution in [0.25, 0.3) is 0 Å². The lowest BCUT2D eigenvalue weighted by atomic mass is 9.91. The summed E-state index contributed by atoms with van der Waals surface area (Å²) in [5.74, 6) is -0.179. The number of aliphatic hydroxyl groups is 1. The van der Waals surface area contributed by atoms with Gasteiger partial charge in [-0.1, -0.05) is 29.8 Å². The average Bonchev–Trinajstić information content (AvgIpc) is 3.07. The molecule has 0 bridgehead atoms. The summed E-state index contributed by atoms with van der Waals surface area (Å²) in [4.78, 5) is 18.8. The van der Waals surface area contributed by atoms with Crippen LogP contribution >= 0.6 is 0 Å². The first-order valence-corrected chi connectivity index (χ1v) is 9.29. The molecule has 0 aliphatic carbocycles. The number of hydrogen-bond acceptors (Lipinski definition) is 4. The van der Waals surface area contributed by atoms with Crippen molar-refractivity contribution in [3.05, 3.63) is 53.6 Å².